The van der Waals surface area contributed by atoms with Gasteiger partial charge in [-0.3, -0.25) is 0 Å². The molecule has 0 aromatic heterocycles. The molecule has 0 saturated heterocycles. The molecule has 3 aromatic rings. The molecule has 3 aromatic carbocycles. The normalized spacial score (nSPS) is 11.0. The average Bonchev–Trinajstić information content (AvgIpc) is 2.51. The third kappa shape index (κ3) is 3.23. The van der Waals surface area contributed by atoms with E-state index in [4.69, 9.17) is 17.3 Å². The Hall–Kier alpha value is -1.64. The highest BCUT2D eigenvalue weighted by Crippen LogP contribution is 2.39. The number of rotatable bonds is 4. The summed E-state index contributed by atoms with van der Waals surface area (Å²) in [6.07, 6.45) is 2.06. The van der Waals surface area contributed by atoms with E-state index in [0.717, 1.165) is 28.4 Å². The van der Waals surface area contributed by atoms with E-state index in [9.17, 15) is 0 Å². The van der Waals surface area contributed by atoms with E-state index < -0.39 is 0 Å². The maximum absolute atomic E-state index is 6.44. The lowest BCUT2D eigenvalue weighted by molar-refractivity contribution is 0.901. The van der Waals surface area contributed by atoms with E-state index in [1.54, 1.807) is 11.8 Å². The highest BCUT2D eigenvalue weighted by molar-refractivity contribution is 7.99. The minimum absolute atomic E-state index is 0.733. The standard InChI is InChI=1S/C19H18ClNS/c1-2-5-15-10-16(21)12-18(20)19(15)22-17-9-8-13-6-3-4-7-14(13)11-17/h3-4,6-12H,2,5,21H2,1H3. The SMILES string of the molecule is CCCc1cc(N)cc(Cl)c1Sc1ccc2ccccc2c1. The molecular formula is C19H18ClNS. The molecule has 112 valence electrons. The van der Waals surface area contributed by atoms with Crippen molar-refractivity contribution < 1.29 is 0 Å². The van der Waals surface area contributed by atoms with Crippen molar-refractivity contribution in [3.05, 3.63) is 65.2 Å². The van der Waals surface area contributed by atoms with Gasteiger partial charge in [0, 0.05) is 15.5 Å². The summed E-state index contributed by atoms with van der Waals surface area (Å²) in [7, 11) is 0. The van der Waals surface area contributed by atoms with Crippen LogP contribution < -0.4 is 5.73 Å². The molecule has 0 heterocycles. The zero-order valence-corrected chi connectivity index (χ0v) is 14.0. The minimum atomic E-state index is 0.733. The van der Waals surface area contributed by atoms with Gasteiger partial charge < -0.3 is 5.73 Å². The number of nitrogen functional groups attached to an aromatic ring is 1. The highest BCUT2D eigenvalue weighted by atomic mass is 35.5. The Kier molecular flexibility index (Phi) is 4.60. The Morgan fingerprint density at radius 1 is 1.00 bits per heavy atom. The molecule has 0 unspecified atom stereocenters. The van der Waals surface area contributed by atoms with E-state index in [1.165, 1.54) is 21.2 Å². The van der Waals surface area contributed by atoms with Gasteiger partial charge in [0.05, 0.1) is 5.02 Å². The number of hydrogen-bond donors (Lipinski definition) is 1. The molecule has 0 atom stereocenters. The van der Waals surface area contributed by atoms with Crippen LogP contribution in [0, 0.1) is 0 Å². The summed E-state index contributed by atoms with van der Waals surface area (Å²) in [6, 6.07) is 18.8. The Morgan fingerprint density at radius 3 is 2.55 bits per heavy atom. The van der Waals surface area contributed by atoms with Crippen LogP contribution in [0.15, 0.2) is 64.4 Å². The van der Waals surface area contributed by atoms with Gasteiger partial charge in [0.2, 0.25) is 0 Å². The van der Waals surface area contributed by atoms with E-state index in [-0.39, 0.29) is 0 Å². The number of hydrogen-bond acceptors (Lipinski definition) is 2. The molecule has 0 spiro atoms. The summed E-state index contributed by atoms with van der Waals surface area (Å²) in [6.45, 7) is 2.17. The Labute approximate surface area is 140 Å². The third-order valence-corrected chi connectivity index (χ3v) is 5.19. The molecule has 2 N–H and O–H groups in total. The fourth-order valence-electron chi connectivity index (χ4n) is 2.59. The fourth-order valence-corrected chi connectivity index (χ4v) is 3.96. The van der Waals surface area contributed by atoms with Crippen LogP contribution in [-0.2, 0) is 6.42 Å². The van der Waals surface area contributed by atoms with Crippen molar-refractivity contribution >= 4 is 39.8 Å². The van der Waals surface area contributed by atoms with Gasteiger partial charge in [-0.1, -0.05) is 67.0 Å². The molecule has 3 heteroatoms. The molecule has 0 fully saturated rings. The summed E-state index contributed by atoms with van der Waals surface area (Å²) in [5, 5.41) is 3.24. The molecule has 0 radical (unpaired) electrons. The second-order valence-electron chi connectivity index (χ2n) is 5.35. The Bertz CT molecular complexity index is 814. The summed E-state index contributed by atoms with van der Waals surface area (Å²) in [5.41, 5.74) is 7.89. The smallest absolute Gasteiger partial charge is 0.0568 e. The maximum atomic E-state index is 6.44. The van der Waals surface area contributed by atoms with Gasteiger partial charge in [-0.2, -0.15) is 0 Å². The summed E-state index contributed by atoms with van der Waals surface area (Å²) < 4.78 is 0. The first kappa shape index (κ1) is 15.3. The van der Waals surface area contributed by atoms with Crippen molar-refractivity contribution in [3.63, 3.8) is 0 Å². The number of halogens is 1. The van der Waals surface area contributed by atoms with Crippen molar-refractivity contribution in [1.82, 2.24) is 0 Å². The van der Waals surface area contributed by atoms with Crippen molar-refractivity contribution in [1.29, 1.82) is 0 Å². The molecule has 3 rings (SSSR count). The van der Waals surface area contributed by atoms with Crippen LogP contribution in [0.4, 0.5) is 5.69 Å². The first-order valence-electron chi connectivity index (χ1n) is 7.42. The summed E-state index contributed by atoms with van der Waals surface area (Å²) in [4.78, 5) is 2.32. The van der Waals surface area contributed by atoms with Crippen molar-refractivity contribution in [2.24, 2.45) is 0 Å². The van der Waals surface area contributed by atoms with Crippen molar-refractivity contribution in [3.8, 4) is 0 Å². The second kappa shape index (κ2) is 6.64. The highest BCUT2D eigenvalue weighted by Gasteiger charge is 2.10. The second-order valence-corrected chi connectivity index (χ2v) is 6.84. The summed E-state index contributed by atoms with van der Waals surface area (Å²) in [5.74, 6) is 0. The van der Waals surface area contributed by atoms with Crippen LogP contribution in [0.1, 0.15) is 18.9 Å². The van der Waals surface area contributed by atoms with Crippen LogP contribution in [-0.4, -0.2) is 0 Å². The molecule has 22 heavy (non-hydrogen) atoms. The van der Waals surface area contributed by atoms with Gasteiger partial charge >= 0.3 is 0 Å². The largest absolute Gasteiger partial charge is 0.399 e. The predicted molar refractivity (Wildman–Crippen MR) is 97.9 cm³/mol. The van der Waals surface area contributed by atoms with Crippen LogP contribution in [0.25, 0.3) is 10.8 Å². The number of nitrogens with two attached hydrogens (primary N) is 1. The zero-order chi connectivity index (χ0) is 15.5. The molecule has 0 aliphatic rings. The molecular weight excluding hydrogens is 310 g/mol. The number of anilines is 1. The van der Waals surface area contributed by atoms with Crippen molar-refractivity contribution in [2.45, 2.75) is 29.6 Å². The van der Waals surface area contributed by atoms with Gasteiger partial charge in [-0.15, -0.1) is 0 Å². The van der Waals surface area contributed by atoms with Crippen LogP contribution in [0.3, 0.4) is 0 Å². The van der Waals surface area contributed by atoms with Crippen LogP contribution in [0.2, 0.25) is 5.02 Å². The minimum Gasteiger partial charge on any atom is -0.399 e. The van der Waals surface area contributed by atoms with Crippen molar-refractivity contribution in [2.75, 3.05) is 5.73 Å². The monoisotopic (exact) mass is 327 g/mol. The van der Waals surface area contributed by atoms with Gasteiger partial charge in [-0.25, -0.2) is 0 Å². The Morgan fingerprint density at radius 2 is 1.77 bits per heavy atom. The molecule has 0 aliphatic heterocycles. The van der Waals surface area contributed by atoms with E-state index in [0.29, 0.717) is 0 Å². The first-order chi connectivity index (χ1) is 10.7. The fraction of sp³-hybridized carbons (Fsp3) is 0.158. The predicted octanol–water partition coefficient (Wildman–Crippen LogP) is 6.18. The van der Waals surface area contributed by atoms with Gasteiger partial charge in [0.15, 0.2) is 0 Å². The molecule has 0 aliphatic carbocycles. The molecule has 1 nitrogen and oxygen atoms in total. The third-order valence-electron chi connectivity index (χ3n) is 3.60. The summed E-state index contributed by atoms with van der Waals surface area (Å²) >= 11 is 8.15. The number of aryl methyl sites for hydroxylation is 1. The van der Waals surface area contributed by atoms with Crippen LogP contribution in [0.5, 0.6) is 0 Å². The van der Waals surface area contributed by atoms with Gasteiger partial charge in [0.25, 0.3) is 0 Å². The van der Waals surface area contributed by atoms with E-state index >= 15 is 0 Å². The van der Waals surface area contributed by atoms with Gasteiger partial charge in [-0.05, 0) is 47.0 Å². The molecule has 0 amide bonds. The lowest BCUT2D eigenvalue weighted by atomic mass is 10.1. The number of benzene rings is 3. The average molecular weight is 328 g/mol. The lowest BCUT2D eigenvalue weighted by Crippen LogP contribution is -1.93. The quantitative estimate of drug-likeness (QED) is 0.579. The first-order valence-corrected chi connectivity index (χ1v) is 8.61. The van der Waals surface area contributed by atoms with Gasteiger partial charge in [0.1, 0.15) is 0 Å². The molecule has 0 saturated carbocycles. The Balaban J connectivity index is 2.00. The molecule has 0 bridgehead atoms. The van der Waals surface area contributed by atoms with E-state index in [1.807, 2.05) is 12.1 Å². The van der Waals surface area contributed by atoms with Crippen LogP contribution >= 0.6 is 23.4 Å². The topological polar surface area (TPSA) is 26.0 Å². The lowest BCUT2D eigenvalue weighted by Gasteiger charge is -2.12. The maximum Gasteiger partial charge on any atom is 0.0568 e. The zero-order valence-electron chi connectivity index (χ0n) is 12.5. The van der Waals surface area contributed by atoms with E-state index in [2.05, 4.69) is 49.4 Å². The number of fused-ring (bicyclic) bond motifs is 1.